The monoisotopic (exact) mass is 274 g/mol. The predicted octanol–water partition coefficient (Wildman–Crippen LogP) is 1.86. The summed E-state index contributed by atoms with van der Waals surface area (Å²) in [5.41, 5.74) is 2.49. The van der Waals surface area contributed by atoms with Gasteiger partial charge in [-0.15, -0.1) is 0 Å². The first-order valence-electron chi connectivity index (χ1n) is 7.51. The van der Waals surface area contributed by atoms with Crippen molar-refractivity contribution >= 4 is 5.91 Å². The Bertz CT molecular complexity index is 469. The fourth-order valence-corrected chi connectivity index (χ4v) is 3.02. The molecule has 1 aromatic carbocycles. The molecule has 0 bridgehead atoms. The third kappa shape index (κ3) is 3.02. The van der Waals surface area contributed by atoms with E-state index in [0.717, 1.165) is 25.9 Å². The topological polar surface area (TPSA) is 41.6 Å². The Morgan fingerprint density at radius 1 is 1.25 bits per heavy atom. The number of hydrogen-bond acceptors (Lipinski definition) is 3. The number of rotatable bonds is 3. The van der Waals surface area contributed by atoms with Crippen LogP contribution in [0.25, 0.3) is 0 Å². The largest absolute Gasteiger partial charge is 0.375 e. The van der Waals surface area contributed by atoms with Gasteiger partial charge < -0.3 is 9.64 Å². The summed E-state index contributed by atoms with van der Waals surface area (Å²) < 4.78 is 5.60. The highest BCUT2D eigenvalue weighted by atomic mass is 16.5. The van der Waals surface area contributed by atoms with Gasteiger partial charge in [0.05, 0.1) is 25.8 Å². The third-order valence-electron chi connectivity index (χ3n) is 4.18. The number of hydrogen-bond donors (Lipinski definition) is 1. The minimum atomic E-state index is 0.133. The third-order valence-corrected chi connectivity index (χ3v) is 4.18. The molecule has 0 aliphatic carbocycles. The Kier molecular flexibility index (Phi) is 4.33. The lowest BCUT2D eigenvalue weighted by Crippen LogP contribution is -2.43. The number of carbonyl (C=O) groups excluding carboxylic acids is 1. The van der Waals surface area contributed by atoms with Crippen LogP contribution in [0.3, 0.4) is 0 Å². The van der Waals surface area contributed by atoms with Crippen LogP contribution in [0.2, 0.25) is 0 Å². The molecule has 4 nitrogen and oxygen atoms in total. The Hall–Kier alpha value is -1.39. The SMILES string of the molecule is O=C(CNC1COCc2ccccc21)N1CCCCC1. The van der Waals surface area contributed by atoms with Crippen LogP contribution in [0.15, 0.2) is 24.3 Å². The molecule has 0 spiro atoms. The summed E-state index contributed by atoms with van der Waals surface area (Å²) in [5, 5.41) is 3.36. The Morgan fingerprint density at radius 2 is 2.05 bits per heavy atom. The van der Waals surface area contributed by atoms with E-state index >= 15 is 0 Å². The maximum atomic E-state index is 12.2. The first kappa shape index (κ1) is 13.6. The molecule has 1 N–H and O–H groups in total. The number of fused-ring (bicyclic) bond motifs is 1. The molecule has 0 aromatic heterocycles. The summed E-state index contributed by atoms with van der Waals surface area (Å²) >= 11 is 0. The van der Waals surface area contributed by atoms with Gasteiger partial charge in [-0.25, -0.2) is 0 Å². The van der Waals surface area contributed by atoms with Gasteiger partial charge in [-0.2, -0.15) is 0 Å². The highest BCUT2D eigenvalue weighted by Gasteiger charge is 2.22. The number of amides is 1. The van der Waals surface area contributed by atoms with Crippen LogP contribution in [0.5, 0.6) is 0 Å². The zero-order valence-corrected chi connectivity index (χ0v) is 11.8. The van der Waals surface area contributed by atoms with Crippen LogP contribution in [0.4, 0.5) is 0 Å². The lowest BCUT2D eigenvalue weighted by atomic mass is 9.99. The molecule has 1 fully saturated rings. The second-order valence-electron chi connectivity index (χ2n) is 5.59. The predicted molar refractivity (Wildman–Crippen MR) is 77.3 cm³/mol. The minimum Gasteiger partial charge on any atom is -0.375 e. The van der Waals surface area contributed by atoms with Crippen LogP contribution in [0.1, 0.15) is 36.4 Å². The first-order valence-corrected chi connectivity index (χ1v) is 7.51. The molecule has 1 aromatic rings. The summed E-state index contributed by atoms with van der Waals surface area (Å²) in [4.78, 5) is 14.2. The average Bonchev–Trinajstić information content (AvgIpc) is 2.53. The number of piperidine rings is 1. The van der Waals surface area contributed by atoms with Crippen molar-refractivity contribution in [2.75, 3.05) is 26.2 Å². The molecular weight excluding hydrogens is 252 g/mol. The van der Waals surface area contributed by atoms with E-state index in [9.17, 15) is 4.79 Å². The fraction of sp³-hybridized carbons (Fsp3) is 0.562. The van der Waals surface area contributed by atoms with E-state index in [2.05, 4.69) is 17.4 Å². The first-order chi connectivity index (χ1) is 9.84. The van der Waals surface area contributed by atoms with E-state index in [1.807, 2.05) is 17.0 Å². The maximum absolute atomic E-state index is 12.2. The molecule has 2 aliphatic rings. The van der Waals surface area contributed by atoms with Crippen LogP contribution in [-0.4, -0.2) is 37.0 Å². The van der Waals surface area contributed by atoms with Crippen LogP contribution < -0.4 is 5.32 Å². The summed E-state index contributed by atoms with van der Waals surface area (Å²) in [6.45, 7) is 3.55. The Balaban J connectivity index is 1.57. The van der Waals surface area contributed by atoms with Crippen molar-refractivity contribution in [3.8, 4) is 0 Å². The van der Waals surface area contributed by atoms with Crippen LogP contribution in [0, 0.1) is 0 Å². The zero-order chi connectivity index (χ0) is 13.8. The lowest BCUT2D eigenvalue weighted by Gasteiger charge is -2.29. The summed E-state index contributed by atoms with van der Waals surface area (Å²) in [6.07, 6.45) is 3.53. The van der Waals surface area contributed by atoms with E-state index < -0.39 is 0 Å². The number of likely N-dealkylation sites (tertiary alicyclic amines) is 1. The lowest BCUT2D eigenvalue weighted by molar-refractivity contribution is -0.131. The molecule has 108 valence electrons. The molecule has 2 heterocycles. The number of nitrogens with one attached hydrogen (secondary N) is 1. The fourth-order valence-electron chi connectivity index (χ4n) is 3.02. The average molecular weight is 274 g/mol. The minimum absolute atomic E-state index is 0.133. The van der Waals surface area contributed by atoms with Crippen LogP contribution >= 0.6 is 0 Å². The molecule has 4 heteroatoms. The summed E-state index contributed by atoms with van der Waals surface area (Å²) in [5.74, 6) is 0.216. The van der Waals surface area contributed by atoms with Gasteiger partial charge in [-0.1, -0.05) is 24.3 Å². The van der Waals surface area contributed by atoms with Crippen molar-refractivity contribution < 1.29 is 9.53 Å². The molecular formula is C16H22N2O2. The Labute approximate surface area is 120 Å². The van der Waals surface area contributed by atoms with Gasteiger partial charge in [0.15, 0.2) is 0 Å². The number of benzene rings is 1. The second-order valence-corrected chi connectivity index (χ2v) is 5.59. The van der Waals surface area contributed by atoms with E-state index in [1.54, 1.807) is 0 Å². The van der Waals surface area contributed by atoms with Crippen molar-refractivity contribution in [2.24, 2.45) is 0 Å². The molecule has 0 saturated carbocycles. The van der Waals surface area contributed by atoms with Crippen molar-refractivity contribution in [3.05, 3.63) is 35.4 Å². The highest BCUT2D eigenvalue weighted by molar-refractivity contribution is 5.78. The van der Waals surface area contributed by atoms with E-state index in [1.165, 1.54) is 17.5 Å². The normalized spacial score (nSPS) is 22.4. The molecule has 20 heavy (non-hydrogen) atoms. The molecule has 1 unspecified atom stereocenters. The van der Waals surface area contributed by atoms with Gasteiger partial charge in [0, 0.05) is 13.1 Å². The molecule has 3 rings (SSSR count). The summed E-state index contributed by atoms with van der Waals surface area (Å²) in [7, 11) is 0. The van der Waals surface area contributed by atoms with Gasteiger partial charge in [-0.3, -0.25) is 10.1 Å². The molecule has 1 atom stereocenters. The highest BCUT2D eigenvalue weighted by Crippen LogP contribution is 2.24. The maximum Gasteiger partial charge on any atom is 0.236 e. The molecule has 1 amide bonds. The number of ether oxygens (including phenoxy) is 1. The van der Waals surface area contributed by atoms with Crippen molar-refractivity contribution in [1.29, 1.82) is 0 Å². The van der Waals surface area contributed by atoms with Gasteiger partial charge in [-0.05, 0) is 30.4 Å². The Morgan fingerprint density at radius 3 is 2.90 bits per heavy atom. The van der Waals surface area contributed by atoms with Crippen molar-refractivity contribution in [3.63, 3.8) is 0 Å². The van der Waals surface area contributed by atoms with Gasteiger partial charge in [0.2, 0.25) is 5.91 Å². The van der Waals surface area contributed by atoms with Crippen LogP contribution in [-0.2, 0) is 16.1 Å². The van der Waals surface area contributed by atoms with E-state index in [0.29, 0.717) is 19.8 Å². The van der Waals surface area contributed by atoms with Crippen molar-refractivity contribution in [1.82, 2.24) is 10.2 Å². The second kappa shape index (κ2) is 6.37. The van der Waals surface area contributed by atoms with Crippen molar-refractivity contribution in [2.45, 2.75) is 31.9 Å². The molecule has 0 radical (unpaired) electrons. The van der Waals surface area contributed by atoms with E-state index in [4.69, 9.17) is 4.74 Å². The quantitative estimate of drug-likeness (QED) is 0.914. The zero-order valence-electron chi connectivity index (χ0n) is 11.8. The number of nitrogens with zero attached hydrogens (tertiary/aromatic N) is 1. The molecule has 1 saturated heterocycles. The van der Waals surface area contributed by atoms with E-state index in [-0.39, 0.29) is 11.9 Å². The van der Waals surface area contributed by atoms with Gasteiger partial charge >= 0.3 is 0 Å². The van der Waals surface area contributed by atoms with Gasteiger partial charge in [0.1, 0.15) is 0 Å². The smallest absolute Gasteiger partial charge is 0.236 e. The number of carbonyl (C=O) groups is 1. The summed E-state index contributed by atoms with van der Waals surface area (Å²) in [6, 6.07) is 8.43. The van der Waals surface area contributed by atoms with Gasteiger partial charge in [0.25, 0.3) is 0 Å². The standard InChI is InChI=1S/C16H22N2O2/c19-16(18-8-4-1-5-9-18)10-17-15-12-20-11-13-6-2-3-7-14(13)15/h2-3,6-7,15,17H,1,4-5,8-12H2. The molecule has 2 aliphatic heterocycles.